The molecule has 4 heteroatoms. The van der Waals surface area contributed by atoms with Crippen LogP contribution in [0.4, 0.5) is 8.78 Å². The number of ether oxygens (including phenoxy) is 1. The molecule has 0 amide bonds. The highest BCUT2D eigenvalue weighted by atomic mass is 19.2. The first kappa shape index (κ1) is 29.8. The lowest BCUT2D eigenvalue weighted by Crippen LogP contribution is -2.53. The van der Waals surface area contributed by atoms with E-state index in [4.69, 9.17) is 4.74 Å². The van der Waals surface area contributed by atoms with Crippen LogP contribution in [0.25, 0.3) is 6.08 Å². The molecule has 0 spiro atoms. The van der Waals surface area contributed by atoms with Gasteiger partial charge in [-0.1, -0.05) is 59.4 Å². The Morgan fingerprint density at radius 3 is 2.55 bits per heavy atom. The summed E-state index contributed by atoms with van der Waals surface area (Å²) in [5.41, 5.74) is 1.59. The quantitative estimate of drug-likeness (QED) is 0.224. The van der Waals surface area contributed by atoms with Crippen molar-refractivity contribution in [3.05, 3.63) is 41.5 Å². The molecule has 4 fully saturated rings. The number of rotatable bonds is 9. The Hall–Kier alpha value is -1.71. The summed E-state index contributed by atoms with van der Waals surface area (Å²) in [6.07, 6.45) is 20.9. The minimum Gasteiger partial charge on any atom is -0.462 e. The molecule has 0 N–H and O–H groups in total. The third-order valence-electron chi connectivity index (χ3n) is 12.6. The van der Waals surface area contributed by atoms with Gasteiger partial charge in [-0.05, 0) is 134 Å². The first-order chi connectivity index (χ1) is 19.1. The number of benzene rings is 1. The van der Waals surface area contributed by atoms with E-state index in [-0.39, 0.29) is 0 Å². The van der Waals surface area contributed by atoms with E-state index in [1.54, 1.807) is 0 Å². The van der Waals surface area contributed by atoms with Crippen LogP contribution in [0.1, 0.15) is 117 Å². The first-order valence-corrected chi connectivity index (χ1v) is 16.4. The van der Waals surface area contributed by atoms with Gasteiger partial charge in [-0.25, -0.2) is 13.6 Å². The molecule has 5 rings (SSSR count). The molecule has 1 aromatic rings. The van der Waals surface area contributed by atoms with Gasteiger partial charge in [0, 0.05) is 6.08 Å². The molecular weight excluding hydrogens is 502 g/mol. The van der Waals surface area contributed by atoms with Crippen molar-refractivity contribution >= 4 is 12.0 Å². The van der Waals surface area contributed by atoms with Crippen LogP contribution in [0.2, 0.25) is 0 Å². The predicted molar refractivity (Wildman–Crippen MR) is 158 cm³/mol. The number of halogens is 2. The minimum absolute atomic E-state index is 0.307. The summed E-state index contributed by atoms with van der Waals surface area (Å²) in [5, 5.41) is 0. The van der Waals surface area contributed by atoms with Crippen molar-refractivity contribution in [2.24, 2.45) is 52.3 Å². The van der Waals surface area contributed by atoms with E-state index in [1.807, 2.05) is 0 Å². The maximum atomic E-state index is 13.3. The van der Waals surface area contributed by atoms with Gasteiger partial charge in [0.1, 0.15) is 0 Å². The Balaban J connectivity index is 1.06. The van der Waals surface area contributed by atoms with E-state index in [1.165, 1.54) is 95.3 Å². The zero-order valence-corrected chi connectivity index (χ0v) is 25.4. The molecule has 4 aliphatic rings. The summed E-state index contributed by atoms with van der Waals surface area (Å²) >= 11 is 0. The summed E-state index contributed by atoms with van der Waals surface area (Å²) in [6, 6.07) is 3.57. The van der Waals surface area contributed by atoms with Gasteiger partial charge in [0.2, 0.25) is 0 Å². The lowest BCUT2D eigenvalue weighted by molar-refractivity contribution is -0.138. The normalized spacial score (nSPS) is 36.9. The molecule has 9 atom stereocenters. The summed E-state index contributed by atoms with van der Waals surface area (Å²) < 4.78 is 31.8. The maximum Gasteiger partial charge on any atom is 0.330 e. The molecule has 2 unspecified atom stereocenters. The highest BCUT2D eigenvalue weighted by molar-refractivity contribution is 5.87. The smallest absolute Gasteiger partial charge is 0.330 e. The largest absolute Gasteiger partial charge is 0.462 e. The lowest BCUT2D eigenvalue weighted by Gasteiger charge is -2.61. The molecule has 2 nitrogen and oxygen atoms in total. The molecule has 0 aromatic heterocycles. The molecule has 0 bridgehead atoms. The van der Waals surface area contributed by atoms with Crippen LogP contribution in [-0.2, 0) is 9.53 Å². The lowest BCUT2D eigenvalue weighted by atomic mass is 9.44. The zero-order valence-electron chi connectivity index (χ0n) is 25.4. The molecular formula is C36H52F2O2. The molecule has 222 valence electrons. The first-order valence-electron chi connectivity index (χ1n) is 16.4. The fourth-order valence-corrected chi connectivity index (χ4v) is 10.4. The third kappa shape index (κ3) is 5.93. The van der Waals surface area contributed by atoms with E-state index in [2.05, 4.69) is 27.7 Å². The SMILES string of the molecule is CC(CCC[C@@H](C)[C@H]1CC[C@H]2[C@@H]3CCC4CCCC[C@]4(C)[C@H]3CC[C@]12C)COC(=O)C=Cc1ccc(F)c(F)c1. The van der Waals surface area contributed by atoms with Crippen molar-refractivity contribution in [1.29, 1.82) is 0 Å². The Kier molecular flexibility index (Phi) is 9.12. The van der Waals surface area contributed by atoms with Gasteiger partial charge in [-0.3, -0.25) is 0 Å². The van der Waals surface area contributed by atoms with Gasteiger partial charge >= 0.3 is 5.97 Å². The molecule has 0 saturated heterocycles. The van der Waals surface area contributed by atoms with E-state index in [0.29, 0.717) is 28.9 Å². The second kappa shape index (κ2) is 12.3. The molecule has 4 saturated carbocycles. The highest BCUT2D eigenvalue weighted by Crippen LogP contribution is 2.68. The van der Waals surface area contributed by atoms with Gasteiger partial charge in [0.05, 0.1) is 6.61 Å². The van der Waals surface area contributed by atoms with E-state index >= 15 is 0 Å². The van der Waals surface area contributed by atoms with Crippen LogP contribution in [0.3, 0.4) is 0 Å². The Labute approximate surface area is 241 Å². The molecule has 40 heavy (non-hydrogen) atoms. The van der Waals surface area contributed by atoms with Crippen molar-refractivity contribution in [1.82, 2.24) is 0 Å². The van der Waals surface area contributed by atoms with Crippen LogP contribution < -0.4 is 0 Å². The molecule has 0 aliphatic heterocycles. The summed E-state index contributed by atoms with van der Waals surface area (Å²) in [5.74, 6) is 3.54. The monoisotopic (exact) mass is 554 g/mol. The van der Waals surface area contributed by atoms with Gasteiger partial charge in [0.15, 0.2) is 11.6 Å². The fourth-order valence-electron chi connectivity index (χ4n) is 10.4. The van der Waals surface area contributed by atoms with Crippen molar-refractivity contribution < 1.29 is 18.3 Å². The second-order valence-electron chi connectivity index (χ2n) is 14.8. The Morgan fingerprint density at radius 1 is 0.950 bits per heavy atom. The highest BCUT2D eigenvalue weighted by Gasteiger charge is 2.60. The van der Waals surface area contributed by atoms with Crippen molar-refractivity contribution in [3.63, 3.8) is 0 Å². The van der Waals surface area contributed by atoms with Crippen molar-refractivity contribution in [2.75, 3.05) is 6.61 Å². The molecule has 0 radical (unpaired) electrons. The van der Waals surface area contributed by atoms with Crippen LogP contribution in [0, 0.1) is 63.9 Å². The topological polar surface area (TPSA) is 26.3 Å². The van der Waals surface area contributed by atoms with Crippen LogP contribution in [-0.4, -0.2) is 12.6 Å². The summed E-state index contributed by atoms with van der Waals surface area (Å²) in [7, 11) is 0. The van der Waals surface area contributed by atoms with Gasteiger partial charge in [-0.2, -0.15) is 0 Å². The van der Waals surface area contributed by atoms with E-state index in [9.17, 15) is 13.6 Å². The fraction of sp³-hybridized carbons (Fsp3) is 0.750. The molecule has 1 aromatic carbocycles. The standard InChI is InChI=1S/C36H52F2O2/c1-24(23-40-34(39)18-12-26-11-17-32(37)33(38)22-26)8-7-9-25(2)29-15-16-30-28-14-13-27-10-5-6-20-35(27,3)31(28)19-21-36(29,30)4/h11-12,17-18,22,24-25,27-31H,5-10,13-16,19-21,23H2,1-4H3/t24?,25-,27?,28+,29-,30+,31+,35+,36-/m1/s1. The van der Waals surface area contributed by atoms with E-state index < -0.39 is 17.6 Å². The minimum atomic E-state index is -0.922. The Bertz CT molecular complexity index is 1070. The second-order valence-corrected chi connectivity index (χ2v) is 14.8. The molecule has 4 aliphatic carbocycles. The third-order valence-corrected chi connectivity index (χ3v) is 12.6. The number of hydrogen-bond acceptors (Lipinski definition) is 2. The molecule has 0 heterocycles. The number of fused-ring (bicyclic) bond motifs is 5. The van der Waals surface area contributed by atoms with E-state index in [0.717, 1.165) is 54.1 Å². The number of hydrogen-bond donors (Lipinski definition) is 0. The van der Waals surface area contributed by atoms with Crippen LogP contribution in [0.5, 0.6) is 0 Å². The van der Waals surface area contributed by atoms with Crippen LogP contribution in [0.15, 0.2) is 24.3 Å². The van der Waals surface area contributed by atoms with Gasteiger partial charge in [-0.15, -0.1) is 0 Å². The predicted octanol–water partition coefficient (Wildman–Crippen LogP) is 10.0. The number of carbonyl (C=O) groups is 1. The maximum absolute atomic E-state index is 13.3. The van der Waals surface area contributed by atoms with Crippen LogP contribution >= 0.6 is 0 Å². The summed E-state index contributed by atoms with van der Waals surface area (Å²) in [4.78, 5) is 12.1. The Morgan fingerprint density at radius 2 is 1.75 bits per heavy atom. The zero-order chi connectivity index (χ0) is 28.5. The average molecular weight is 555 g/mol. The van der Waals surface area contributed by atoms with Gasteiger partial charge < -0.3 is 4.74 Å². The summed E-state index contributed by atoms with van der Waals surface area (Å²) in [6.45, 7) is 10.4. The number of esters is 1. The van der Waals surface area contributed by atoms with Gasteiger partial charge in [0.25, 0.3) is 0 Å². The van der Waals surface area contributed by atoms with Crippen molar-refractivity contribution in [2.45, 2.75) is 111 Å². The van der Waals surface area contributed by atoms with Crippen molar-refractivity contribution in [3.8, 4) is 0 Å². The number of carbonyl (C=O) groups excluding carboxylic acids is 1. The average Bonchev–Trinajstić information content (AvgIpc) is 3.29.